The van der Waals surface area contributed by atoms with Crippen LogP contribution in [-0.2, 0) is 6.54 Å². The summed E-state index contributed by atoms with van der Waals surface area (Å²) >= 11 is 6.08. The topological polar surface area (TPSA) is 37.8 Å². The molecule has 0 spiro atoms. The largest absolute Gasteiger partial charge is 0.309 e. The molecule has 1 heterocycles. The van der Waals surface area contributed by atoms with E-state index < -0.39 is 0 Å². The summed E-state index contributed by atoms with van der Waals surface area (Å²) in [6, 6.07) is 1.83. The van der Waals surface area contributed by atoms with E-state index in [1.54, 1.807) is 12.4 Å². The fraction of sp³-hybridized carbons (Fsp3) is 0.667. The van der Waals surface area contributed by atoms with Crippen LogP contribution in [0.25, 0.3) is 0 Å². The maximum Gasteiger partial charge on any atom is 0.141 e. The first kappa shape index (κ1) is 11.8. The Bertz CT molecular complexity index is 309. The van der Waals surface area contributed by atoms with Crippen LogP contribution in [0, 0.1) is 5.41 Å². The SMILES string of the molecule is ClCC1(CNCc2ncccn2)CCCC1. The summed E-state index contributed by atoms with van der Waals surface area (Å²) in [5.74, 6) is 1.61. The molecule has 0 aromatic carbocycles. The summed E-state index contributed by atoms with van der Waals surface area (Å²) in [5.41, 5.74) is 0.316. The monoisotopic (exact) mass is 239 g/mol. The van der Waals surface area contributed by atoms with Crippen molar-refractivity contribution >= 4 is 11.6 Å². The number of alkyl halides is 1. The zero-order valence-corrected chi connectivity index (χ0v) is 10.2. The summed E-state index contributed by atoms with van der Waals surface area (Å²) in [6.45, 7) is 1.72. The zero-order valence-electron chi connectivity index (χ0n) is 9.45. The van der Waals surface area contributed by atoms with E-state index in [1.165, 1.54) is 25.7 Å². The third-order valence-electron chi connectivity index (χ3n) is 3.35. The third-order valence-corrected chi connectivity index (χ3v) is 3.92. The summed E-state index contributed by atoms with van der Waals surface area (Å²) in [6.07, 6.45) is 8.68. The smallest absolute Gasteiger partial charge is 0.141 e. The first-order chi connectivity index (χ1) is 7.85. The van der Waals surface area contributed by atoms with Crippen molar-refractivity contribution < 1.29 is 0 Å². The van der Waals surface area contributed by atoms with Gasteiger partial charge in [-0.3, -0.25) is 0 Å². The molecule has 0 bridgehead atoms. The van der Waals surface area contributed by atoms with Gasteiger partial charge in [-0.2, -0.15) is 0 Å². The van der Waals surface area contributed by atoms with Gasteiger partial charge < -0.3 is 5.32 Å². The van der Waals surface area contributed by atoms with Crippen molar-refractivity contribution in [2.75, 3.05) is 12.4 Å². The Morgan fingerprint density at radius 1 is 1.25 bits per heavy atom. The highest BCUT2D eigenvalue weighted by Gasteiger charge is 2.32. The van der Waals surface area contributed by atoms with Crippen molar-refractivity contribution in [2.45, 2.75) is 32.2 Å². The lowest BCUT2D eigenvalue weighted by Gasteiger charge is -2.26. The van der Waals surface area contributed by atoms with E-state index in [9.17, 15) is 0 Å². The zero-order chi connectivity index (χ0) is 11.3. The van der Waals surface area contributed by atoms with E-state index in [0.29, 0.717) is 5.41 Å². The van der Waals surface area contributed by atoms with Crippen LogP contribution in [0.1, 0.15) is 31.5 Å². The lowest BCUT2D eigenvalue weighted by molar-refractivity contribution is 0.319. The van der Waals surface area contributed by atoms with Crippen molar-refractivity contribution in [3.63, 3.8) is 0 Å². The van der Waals surface area contributed by atoms with E-state index in [0.717, 1.165) is 24.8 Å². The lowest BCUT2D eigenvalue weighted by Crippen LogP contribution is -2.33. The molecular weight excluding hydrogens is 222 g/mol. The van der Waals surface area contributed by atoms with Crippen LogP contribution in [0.3, 0.4) is 0 Å². The predicted molar refractivity (Wildman–Crippen MR) is 65.4 cm³/mol. The second kappa shape index (κ2) is 5.60. The number of halogens is 1. The van der Waals surface area contributed by atoms with Gasteiger partial charge in [0.1, 0.15) is 5.82 Å². The van der Waals surface area contributed by atoms with Crippen LogP contribution in [0.4, 0.5) is 0 Å². The first-order valence-corrected chi connectivity index (χ1v) is 6.41. The van der Waals surface area contributed by atoms with Crippen LogP contribution >= 0.6 is 11.6 Å². The molecule has 1 aliphatic rings. The van der Waals surface area contributed by atoms with Crippen molar-refractivity contribution in [2.24, 2.45) is 5.41 Å². The number of aromatic nitrogens is 2. The molecule has 1 fully saturated rings. The average molecular weight is 240 g/mol. The molecule has 1 aromatic heterocycles. The molecule has 1 aromatic rings. The fourth-order valence-electron chi connectivity index (χ4n) is 2.34. The normalized spacial score (nSPS) is 18.8. The van der Waals surface area contributed by atoms with Gasteiger partial charge in [-0.25, -0.2) is 9.97 Å². The molecule has 1 N–H and O–H groups in total. The van der Waals surface area contributed by atoms with E-state index in [2.05, 4.69) is 15.3 Å². The van der Waals surface area contributed by atoms with Gasteiger partial charge in [-0.15, -0.1) is 11.6 Å². The number of nitrogens with zero attached hydrogens (tertiary/aromatic N) is 2. The minimum absolute atomic E-state index is 0.316. The van der Waals surface area contributed by atoms with Crippen molar-refractivity contribution in [1.82, 2.24) is 15.3 Å². The summed E-state index contributed by atoms with van der Waals surface area (Å²) in [4.78, 5) is 8.37. The fourth-order valence-corrected chi connectivity index (χ4v) is 2.71. The highest BCUT2D eigenvalue weighted by Crippen LogP contribution is 2.38. The number of rotatable bonds is 5. The van der Waals surface area contributed by atoms with Crippen molar-refractivity contribution in [3.8, 4) is 0 Å². The summed E-state index contributed by atoms with van der Waals surface area (Å²) in [5, 5.41) is 3.43. The minimum Gasteiger partial charge on any atom is -0.309 e. The molecule has 1 aliphatic carbocycles. The van der Waals surface area contributed by atoms with Gasteiger partial charge in [-0.1, -0.05) is 12.8 Å². The van der Waals surface area contributed by atoms with Gasteiger partial charge in [0.05, 0.1) is 6.54 Å². The molecule has 0 amide bonds. The second-order valence-corrected chi connectivity index (χ2v) is 4.88. The molecule has 0 atom stereocenters. The molecule has 1 saturated carbocycles. The minimum atomic E-state index is 0.316. The summed E-state index contributed by atoms with van der Waals surface area (Å²) in [7, 11) is 0. The molecular formula is C12H18ClN3. The molecule has 2 rings (SSSR count). The molecule has 0 aliphatic heterocycles. The molecule has 3 nitrogen and oxygen atoms in total. The second-order valence-electron chi connectivity index (χ2n) is 4.61. The van der Waals surface area contributed by atoms with Gasteiger partial charge >= 0.3 is 0 Å². The third kappa shape index (κ3) is 2.92. The van der Waals surface area contributed by atoms with Crippen molar-refractivity contribution in [1.29, 1.82) is 0 Å². The molecule has 16 heavy (non-hydrogen) atoms. The van der Waals surface area contributed by atoms with Crippen LogP contribution in [0.2, 0.25) is 0 Å². The Labute approximate surface area is 102 Å². The van der Waals surface area contributed by atoms with E-state index in [-0.39, 0.29) is 0 Å². The van der Waals surface area contributed by atoms with E-state index in [4.69, 9.17) is 11.6 Å². The van der Waals surface area contributed by atoms with Crippen molar-refractivity contribution in [3.05, 3.63) is 24.3 Å². The van der Waals surface area contributed by atoms with Gasteiger partial charge in [0.25, 0.3) is 0 Å². The quantitative estimate of drug-likeness (QED) is 0.802. The maximum absolute atomic E-state index is 6.08. The highest BCUT2D eigenvalue weighted by molar-refractivity contribution is 6.18. The average Bonchev–Trinajstić information content (AvgIpc) is 2.80. The molecule has 0 unspecified atom stereocenters. The van der Waals surface area contributed by atoms with Crippen LogP contribution in [-0.4, -0.2) is 22.4 Å². The Kier molecular flexibility index (Phi) is 4.13. The maximum atomic E-state index is 6.08. The van der Waals surface area contributed by atoms with E-state index in [1.807, 2.05) is 6.07 Å². The molecule has 0 saturated heterocycles. The predicted octanol–water partition coefficient (Wildman–Crippen LogP) is 2.37. The Morgan fingerprint density at radius 2 is 1.94 bits per heavy atom. The van der Waals surface area contributed by atoms with Crippen LogP contribution < -0.4 is 5.32 Å². The number of hydrogen-bond acceptors (Lipinski definition) is 3. The Morgan fingerprint density at radius 3 is 2.56 bits per heavy atom. The van der Waals surface area contributed by atoms with Gasteiger partial charge in [0, 0.05) is 24.8 Å². The summed E-state index contributed by atoms with van der Waals surface area (Å²) < 4.78 is 0. The first-order valence-electron chi connectivity index (χ1n) is 5.87. The van der Waals surface area contributed by atoms with Gasteiger partial charge in [-0.05, 0) is 24.3 Å². The Balaban J connectivity index is 1.79. The van der Waals surface area contributed by atoms with E-state index >= 15 is 0 Å². The molecule has 0 radical (unpaired) electrons. The highest BCUT2D eigenvalue weighted by atomic mass is 35.5. The van der Waals surface area contributed by atoms with Gasteiger partial charge in [0.2, 0.25) is 0 Å². The lowest BCUT2D eigenvalue weighted by atomic mass is 9.88. The number of hydrogen-bond donors (Lipinski definition) is 1. The van der Waals surface area contributed by atoms with Crippen LogP contribution in [0.5, 0.6) is 0 Å². The standard InChI is InChI=1S/C12H18ClN3/c13-9-12(4-1-2-5-12)10-14-8-11-15-6-3-7-16-11/h3,6-7,14H,1-2,4-5,8-10H2. The van der Waals surface area contributed by atoms with Crippen LogP contribution in [0.15, 0.2) is 18.5 Å². The van der Waals surface area contributed by atoms with Gasteiger partial charge in [0.15, 0.2) is 0 Å². The number of nitrogens with one attached hydrogen (secondary N) is 1. The Hall–Kier alpha value is -0.670. The molecule has 88 valence electrons. The molecule has 4 heteroatoms.